The van der Waals surface area contributed by atoms with Gasteiger partial charge >= 0.3 is 0 Å². The minimum atomic E-state index is 0.223. The minimum absolute atomic E-state index is 0.223. The highest BCUT2D eigenvalue weighted by atomic mass is 35.5. The molecule has 5 rings (SSSR count). The van der Waals surface area contributed by atoms with E-state index in [1.165, 1.54) is 0 Å². The predicted molar refractivity (Wildman–Crippen MR) is 126 cm³/mol. The summed E-state index contributed by atoms with van der Waals surface area (Å²) in [5.41, 5.74) is 3.32. The van der Waals surface area contributed by atoms with Crippen molar-refractivity contribution in [2.75, 3.05) is 25.1 Å². The highest BCUT2D eigenvalue weighted by Gasteiger charge is 2.28. The Kier molecular flexibility index (Phi) is 6.29. The summed E-state index contributed by atoms with van der Waals surface area (Å²) in [4.78, 5) is 11.4. The lowest BCUT2D eigenvalue weighted by atomic mass is 10.1. The molecule has 2 aliphatic heterocycles. The molecule has 3 aromatic rings. The van der Waals surface area contributed by atoms with Crippen LogP contribution in [0.3, 0.4) is 0 Å². The van der Waals surface area contributed by atoms with Gasteiger partial charge in [-0.1, -0.05) is 17.7 Å². The van der Waals surface area contributed by atoms with Crippen LogP contribution < -0.4 is 14.8 Å². The monoisotopic (exact) mass is 461 g/mol. The van der Waals surface area contributed by atoms with Crippen LogP contribution in [0.4, 0.5) is 11.5 Å². The van der Waals surface area contributed by atoms with Gasteiger partial charge < -0.3 is 14.8 Å². The Morgan fingerprint density at radius 2 is 2.06 bits per heavy atom. The van der Waals surface area contributed by atoms with Crippen molar-refractivity contribution in [3.05, 3.63) is 70.6 Å². The smallest absolute Gasteiger partial charge is 0.179 e. The summed E-state index contributed by atoms with van der Waals surface area (Å²) in [6.45, 7) is 3.02. The summed E-state index contributed by atoms with van der Waals surface area (Å²) in [6.07, 6.45) is 4.65. The van der Waals surface area contributed by atoms with Gasteiger partial charge in [0.15, 0.2) is 11.5 Å². The van der Waals surface area contributed by atoms with E-state index in [4.69, 9.17) is 31.3 Å². The molecular formula is C25H24ClN5O2. The van der Waals surface area contributed by atoms with E-state index in [0.29, 0.717) is 29.7 Å². The molecule has 0 radical (unpaired) electrons. The van der Waals surface area contributed by atoms with Gasteiger partial charge in [-0.3, -0.25) is 4.90 Å². The summed E-state index contributed by atoms with van der Waals surface area (Å²) in [6, 6.07) is 15.8. The molecule has 0 spiro atoms. The van der Waals surface area contributed by atoms with Crippen molar-refractivity contribution in [2.24, 2.45) is 0 Å². The van der Waals surface area contributed by atoms with E-state index in [9.17, 15) is 0 Å². The molecule has 2 aliphatic rings. The minimum Gasteiger partial charge on any atom is -0.489 e. The maximum atomic E-state index is 8.92. The second kappa shape index (κ2) is 9.65. The fourth-order valence-corrected chi connectivity index (χ4v) is 4.64. The molecule has 0 saturated carbocycles. The van der Waals surface area contributed by atoms with Crippen LogP contribution in [-0.2, 0) is 6.54 Å². The van der Waals surface area contributed by atoms with E-state index in [1.54, 1.807) is 12.3 Å². The Morgan fingerprint density at radius 3 is 2.91 bits per heavy atom. The number of hydrogen-bond donors (Lipinski definition) is 1. The molecule has 2 aromatic heterocycles. The number of halogens is 1. The Labute approximate surface area is 197 Å². The maximum Gasteiger partial charge on any atom is 0.179 e. The van der Waals surface area contributed by atoms with Crippen molar-refractivity contribution in [2.45, 2.75) is 31.8 Å². The SMILES string of the molecule is N#Cc1ccc(Nc2cccc([C@H]3CCCN3Cc3cc(Cl)c4c(c3)OCCCO4)n2)cn1. The van der Waals surface area contributed by atoms with Crippen LogP contribution in [0.1, 0.15) is 42.3 Å². The number of hydrogen-bond acceptors (Lipinski definition) is 7. The third-order valence-electron chi connectivity index (χ3n) is 5.87. The maximum absolute atomic E-state index is 8.92. The fraction of sp³-hybridized carbons (Fsp3) is 0.320. The summed E-state index contributed by atoms with van der Waals surface area (Å²) in [5, 5.41) is 12.8. The van der Waals surface area contributed by atoms with Gasteiger partial charge in [-0.2, -0.15) is 5.26 Å². The molecule has 4 heterocycles. The number of nitriles is 1. The zero-order valence-corrected chi connectivity index (χ0v) is 18.9. The van der Waals surface area contributed by atoms with E-state index in [1.807, 2.05) is 36.4 Å². The van der Waals surface area contributed by atoms with Gasteiger partial charge in [0.05, 0.1) is 41.9 Å². The molecule has 1 atom stereocenters. The van der Waals surface area contributed by atoms with E-state index in [2.05, 4.69) is 21.3 Å². The lowest BCUT2D eigenvalue weighted by Gasteiger charge is -2.25. The van der Waals surface area contributed by atoms with Crippen molar-refractivity contribution >= 4 is 23.1 Å². The number of aromatic nitrogens is 2. The van der Waals surface area contributed by atoms with Crippen LogP contribution in [-0.4, -0.2) is 34.6 Å². The van der Waals surface area contributed by atoms with Gasteiger partial charge in [0.2, 0.25) is 0 Å². The number of ether oxygens (including phenoxy) is 2. The van der Waals surface area contributed by atoms with Crippen LogP contribution in [0.5, 0.6) is 11.5 Å². The van der Waals surface area contributed by atoms with Crippen LogP contribution in [0.2, 0.25) is 5.02 Å². The quantitative estimate of drug-likeness (QED) is 0.556. The molecule has 0 aliphatic carbocycles. The van der Waals surface area contributed by atoms with E-state index >= 15 is 0 Å². The summed E-state index contributed by atoms with van der Waals surface area (Å²) >= 11 is 6.51. The number of fused-ring (bicyclic) bond motifs is 1. The van der Waals surface area contributed by atoms with Crippen molar-refractivity contribution in [1.29, 1.82) is 5.26 Å². The molecule has 1 aromatic carbocycles. The van der Waals surface area contributed by atoms with Crippen LogP contribution in [0.25, 0.3) is 0 Å². The van der Waals surface area contributed by atoms with Gasteiger partial charge in [0, 0.05) is 13.0 Å². The van der Waals surface area contributed by atoms with Gasteiger partial charge in [0.25, 0.3) is 0 Å². The molecule has 0 bridgehead atoms. The second-order valence-corrected chi connectivity index (χ2v) is 8.61. The summed E-state index contributed by atoms with van der Waals surface area (Å²) in [5.74, 6) is 2.13. The van der Waals surface area contributed by atoms with Crippen molar-refractivity contribution < 1.29 is 9.47 Å². The average Bonchev–Trinajstić information content (AvgIpc) is 3.15. The van der Waals surface area contributed by atoms with Crippen LogP contribution in [0.15, 0.2) is 48.7 Å². The lowest BCUT2D eigenvalue weighted by Crippen LogP contribution is -2.23. The molecule has 1 N–H and O–H groups in total. The zero-order chi connectivity index (χ0) is 22.6. The van der Waals surface area contributed by atoms with Crippen LogP contribution in [0, 0.1) is 11.3 Å². The Morgan fingerprint density at radius 1 is 1.15 bits per heavy atom. The number of pyridine rings is 2. The molecule has 8 heteroatoms. The first-order chi connectivity index (χ1) is 16.2. The molecule has 0 amide bonds. The Bertz CT molecular complexity index is 1180. The number of likely N-dealkylation sites (tertiary alicyclic amines) is 1. The third-order valence-corrected chi connectivity index (χ3v) is 6.15. The van der Waals surface area contributed by atoms with Gasteiger partial charge in [0.1, 0.15) is 17.6 Å². The number of anilines is 2. The number of nitrogens with one attached hydrogen (secondary N) is 1. The van der Waals surface area contributed by atoms with Gasteiger partial charge in [-0.25, -0.2) is 9.97 Å². The highest BCUT2D eigenvalue weighted by Crippen LogP contribution is 2.40. The summed E-state index contributed by atoms with van der Waals surface area (Å²) < 4.78 is 11.6. The topological polar surface area (TPSA) is 83.3 Å². The number of rotatable bonds is 5. The predicted octanol–water partition coefficient (Wildman–Crippen LogP) is 5.24. The van der Waals surface area contributed by atoms with E-state index < -0.39 is 0 Å². The molecule has 1 saturated heterocycles. The van der Waals surface area contributed by atoms with Gasteiger partial charge in [-0.05, 0) is 61.3 Å². The van der Waals surface area contributed by atoms with Gasteiger partial charge in [-0.15, -0.1) is 0 Å². The highest BCUT2D eigenvalue weighted by molar-refractivity contribution is 6.32. The standard InChI is InChI=1S/C25H24ClN5O2/c26-20-12-17(13-23-25(20)33-11-3-10-32-23)16-31-9-2-5-22(31)21-4-1-6-24(30-21)29-19-8-7-18(14-27)28-15-19/h1,4,6-8,12-13,15,22H,2-3,5,9-11,16H2,(H,29,30)/t22-/m1/s1. The van der Waals surface area contributed by atoms with Crippen LogP contribution >= 0.6 is 11.6 Å². The van der Waals surface area contributed by atoms with Crippen molar-refractivity contribution in [3.8, 4) is 17.6 Å². The summed E-state index contributed by atoms with van der Waals surface area (Å²) in [7, 11) is 0. The first-order valence-corrected chi connectivity index (χ1v) is 11.5. The molecular weight excluding hydrogens is 438 g/mol. The molecule has 33 heavy (non-hydrogen) atoms. The average molecular weight is 462 g/mol. The number of nitrogens with zero attached hydrogens (tertiary/aromatic N) is 4. The normalized spacial score (nSPS) is 17.9. The Hall–Kier alpha value is -3.34. The van der Waals surface area contributed by atoms with Crippen molar-refractivity contribution in [3.63, 3.8) is 0 Å². The molecule has 168 valence electrons. The number of benzene rings is 1. The first-order valence-electron chi connectivity index (χ1n) is 11.1. The third kappa shape index (κ3) is 4.87. The van der Waals surface area contributed by atoms with Crippen molar-refractivity contribution in [1.82, 2.24) is 14.9 Å². The molecule has 0 unspecified atom stereocenters. The lowest BCUT2D eigenvalue weighted by molar-refractivity contribution is 0.244. The second-order valence-electron chi connectivity index (χ2n) is 8.20. The Balaban J connectivity index is 1.33. The fourth-order valence-electron chi connectivity index (χ4n) is 4.35. The first kappa shape index (κ1) is 21.5. The van der Waals surface area contributed by atoms with E-state index in [0.717, 1.165) is 60.9 Å². The largest absolute Gasteiger partial charge is 0.489 e. The molecule has 7 nitrogen and oxygen atoms in total. The zero-order valence-electron chi connectivity index (χ0n) is 18.1. The molecule has 1 fully saturated rings. The van der Waals surface area contributed by atoms with E-state index in [-0.39, 0.29) is 6.04 Å².